The van der Waals surface area contributed by atoms with E-state index in [0.29, 0.717) is 6.17 Å². The molecule has 3 heteroatoms. The summed E-state index contributed by atoms with van der Waals surface area (Å²) < 4.78 is 0. The predicted octanol–water partition coefficient (Wildman–Crippen LogP) is 2.27. The van der Waals surface area contributed by atoms with E-state index in [1.54, 1.807) is 0 Å². The Labute approximate surface area is 81.6 Å². The van der Waals surface area contributed by atoms with Gasteiger partial charge < -0.3 is 9.80 Å². The van der Waals surface area contributed by atoms with Crippen LogP contribution in [0.25, 0.3) is 0 Å². The number of hydrogen-bond donors (Lipinski definition) is 0. The van der Waals surface area contributed by atoms with Gasteiger partial charge >= 0.3 is 0 Å². The SMILES string of the molecule is CCCCN1C=CN(C)C1C.Cl. The Hall–Kier alpha value is -0.370. The highest BCUT2D eigenvalue weighted by Crippen LogP contribution is 2.13. The van der Waals surface area contributed by atoms with Crippen molar-refractivity contribution in [1.29, 1.82) is 0 Å². The van der Waals surface area contributed by atoms with E-state index < -0.39 is 0 Å². The number of unbranched alkanes of at least 4 members (excludes halogenated alkanes) is 1. The fourth-order valence-corrected chi connectivity index (χ4v) is 1.28. The molecule has 72 valence electrons. The molecule has 1 rings (SSSR count). The molecular weight excluding hydrogens is 172 g/mol. The lowest BCUT2D eigenvalue weighted by atomic mass is 10.3. The van der Waals surface area contributed by atoms with E-state index in [1.165, 1.54) is 19.4 Å². The molecule has 12 heavy (non-hydrogen) atoms. The monoisotopic (exact) mass is 190 g/mol. The minimum absolute atomic E-state index is 0. The van der Waals surface area contributed by atoms with Crippen LogP contribution in [-0.4, -0.2) is 29.6 Å². The lowest BCUT2D eigenvalue weighted by Crippen LogP contribution is -2.33. The minimum atomic E-state index is 0. The van der Waals surface area contributed by atoms with Gasteiger partial charge in [0.25, 0.3) is 0 Å². The third-order valence-electron chi connectivity index (χ3n) is 2.33. The second-order valence-electron chi connectivity index (χ2n) is 3.19. The smallest absolute Gasteiger partial charge is 0.0974 e. The van der Waals surface area contributed by atoms with E-state index in [-0.39, 0.29) is 12.4 Å². The van der Waals surface area contributed by atoms with Gasteiger partial charge in [0.1, 0.15) is 0 Å². The van der Waals surface area contributed by atoms with Crippen LogP contribution in [-0.2, 0) is 0 Å². The van der Waals surface area contributed by atoms with Crippen molar-refractivity contribution < 1.29 is 0 Å². The van der Waals surface area contributed by atoms with Crippen LogP contribution in [0, 0.1) is 0 Å². The molecule has 0 fully saturated rings. The third kappa shape index (κ3) is 2.59. The summed E-state index contributed by atoms with van der Waals surface area (Å²) >= 11 is 0. The van der Waals surface area contributed by atoms with Crippen molar-refractivity contribution in [3.8, 4) is 0 Å². The molecule has 0 aliphatic carbocycles. The number of rotatable bonds is 3. The average molecular weight is 191 g/mol. The van der Waals surface area contributed by atoms with Crippen molar-refractivity contribution in [2.45, 2.75) is 32.9 Å². The van der Waals surface area contributed by atoms with Crippen molar-refractivity contribution in [1.82, 2.24) is 9.80 Å². The molecule has 1 aliphatic rings. The molecule has 0 saturated carbocycles. The van der Waals surface area contributed by atoms with Crippen molar-refractivity contribution in [2.75, 3.05) is 13.6 Å². The van der Waals surface area contributed by atoms with Gasteiger partial charge in [0, 0.05) is 26.0 Å². The van der Waals surface area contributed by atoms with E-state index >= 15 is 0 Å². The summed E-state index contributed by atoms with van der Waals surface area (Å²) in [6.45, 7) is 5.66. The largest absolute Gasteiger partial charge is 0.359 e. The fourth-order valence-electron chi connectivity index (χ4n) is 1.28. The standard InChI is InChI=1S/C9H18N2.ClH/c1-4-5-6-11-8-7-10(3)9(11)2;/h7-9H,4-6H2,1-3H3;1H. The first-order valence-corrected chi connectivity index (χ1v) is 4.41. The van der Waals surface area contributed by atoms with Crippen LogP contribution >= 0.6 is 12.4 Å². The van der Waals surface area contributed by atoms with Gasteiger partial charge in [-0.1, -0.05) is 13.3 Å². The van der Waals surface area contributed by atoms with Crippen LogP contribution in [0.1, 0.15) is 26.7 Å². The molecule has 0 aromatic heterocycles. The molecular formula is C9H19ClN2. The maximum Gasteiger partial charge on any atom is 0.0974 e. The number of halogens is 1. The first-order valence-electron chi connectivity index (χ1n) is 4.41. The Bertz CT molecular complexity index is 147. The van der Waals surface area contributed by atoms with Gasteiger partial charge in [-0.2, -0.15) is 0 Å². The number of hydrogen-bond acceptors (Lipinski definition) is 2. The van der Waals surface area contributed by atoms with Crippen LogP contribution in [0.15, 0.2) is 12.4 Å². The summed E-state index contributed by atoms with van der Waals surface area (Å²) in [5.41, 5.74) is 0. The Kier molecular flexibility index (Phi) is 5.14. The normalized spacial score (nSPS) is 21.4. The third-order valence-corrected chi connectivity index (χ3v) is 2.33. The Morgan fingerprint density at radius 2 is 2.00 bits per heavy atom. The maximum atomic E-state index is 2.38. The van der Waals surface area contributed by atoms with E-state index in [2.05, 4.69) is 43.1 Å². The van der Waals surface area contributed by atoms with Gasteiger partial charge in [0.2, 0.25) is 0 Å². The molecule has 0 spiro atoms. The molecule has 0 aromatic carbocycles. The second kappa shape index (κ2) is 5.31. The van der Waals surface area contributed by atoms with Gasteiger partial charge in [-0.3, -0.25) is 0 Å². The molecule has 0 radical (unpaired) electrons. The molecule has 0 amide bonds. The van der Waals surface area contributed by atoms with Crippen LogP contribution in [0.4, 0.5) is 0 Å². The predicted molar refractivity (Wildman–Crippen MR) is 55.2 cm³/mol. The van der Waals surface area contributed by atoms with Crippen molar-refractivity contribution in [2.24, 2.45) is 0 Å². The zero-order chi connectivity index (χ0) is 8.27. The summed E-state index contributed by atoms with van der Waals surface area (Å²) in [6.07, 6.45) is 7.45. The van der Waals surface area contributed by atoms with Crippen molar-refractivity contribution in [3.05, 3.63) is 12.4 Å². The zero-order valence-corrected chi connectivity index (χ0v) is 8.97. The van der Waals surface area contributed by atoms with Gasteiger partial charge in [-0.25, -0.2) is 0 Å². The van der Waals surface area contributed by atoms with Crippen molar-refractivity contribution in [3.63, 3.8) is 0 Å². The van der Waals surface area contributed by atoms with Crippen LogP contribution < -0.4 is 0 Å². The van der Waals surface area contributed by atoms with Gasteiger partial charge in [0.15, 0.2) is 0 Å². The summed E-state index contributed by atoms with van der Waals surface area (Å²) in [7, 11) is 2.12. The quantitative estimate of drug-likeness (QED) is 0.674. The summed E-state index contributed by atoms with van der Waals surface area (Å²) in [5.74, 6) is 0. The molecule has 1 unspecified atom stereocenters. The molecule has 1 atom stereocenters. The lowest BCUT2D eigenvalue weighted by molar-refractivity contribution is 0.193. The fraction of sp³-hybridized carbons (Fsp3) is 0.778. The van der Waals surface area contributed by atoms with Crippen molar-refractivity contribution >= 4 is 12.4 Å². The Morgan fingerprint density at radius 1 is 1.33 bits per heavy atom. The molecule has 0 aromatic rings. The first kappa shape index (κ1) is 11.6. The topological polar surface area (TPSA) is 6.48 Å². The van der Waals surface area contributed by atoms with E-state index in [9.17, 15) is 0 Å². The van der Waals surface area contributed by atoms with E-state index in [0.717, 1.165) is 0 Å². The average Bonchev–Trinajstić information content (AvgIpc) is 2.31. The number of nitrogens with zero attached hydrogens (tertiary/aromatic N) is 2. The van der Waals surface area contributed by atoms with E-state index in [1.807, 2.05) is 0 Å². The molecule has 1 heterocycles. The highest BCUT2D eigenvalue weighted by atomic mass is 35.5. The van der Waals surface area contributed by atoms with Gasteiger partial charge in [-0.15, -0.1) is 12.4 Å². The summed E-state index contributed by atoms with van der Waals surface area (Å²) in [6, 6.07) is 0. The van der Waals surface area contributed by atoms with E-state index in [4.69, 9.17) is 0 Å². The second-order valence-corrected chi connectivity index (χ2v) is 3.19. The van der Waals surface area contributed by atoms with Crippen LogP contribution in [0.2, 0.25) is 0 Å². The van der Waals surface area contributed by atoms with Gasteiger partial charge in [-0.05, 0) is 13.3 Å². The first-order chi connectivity index (χ1) is 5.25. The summed E-state index contributed by atoms with van der Waals surface area (Å²) in [5, 5.41) is 0. The highest BCUT2D eigenvalue weighted by molar-refractivity contribution is 5.85. The molecule has 0 N–H and O–H groups in total. The maximum absolute atomic E-state index is 2.38. The molecule has 0 bridgehead atoms. The summed E-state index contributed by atoms with van der Waals surface area (Å²) in [4.78, 5) is 4.61. The van der Waals surface area contributed by atoms with Gasteiger partial charge in [0.05, 0.1) is 6.17 Å². The highest BCUT2D eigenvalue weighted by Gasteiger charge is 2.16. The van der Waals surface area contributed by atoms with Crippen LogP contribution in [0.3, 0.4) is 0 Å². The Balaban J connectivity index is 0.00000121. The minimum Gasteiger partial charge on any atom is -0.359 e. The lowest BCUT2D eigenvalue weighted by Gasteiger charge is -2.26. The van der Waals surface area contributed by atoms with Crippen LogP contribution in [0.5, 0.6) is 0 Å². The molecule has 0 saturated heterocycles. The zero-order valence-electron chi connectivity index (χ0n) is 8.16. The Morgan fingerprint density at radius 3 is 2.42 bits per heavy atom. The molecule has 1 aliphatic heterocycles. The molecule has 2 nitrogen and oxygen atoms in total.